The number of halogens is 4. The van der Waals surface area contributed by atoms with E-state index >= 15 is 0 Å². The van der Waals surface area contributed by atoms with Crippen molar-refractivity contribution in [3.8, 4) is 0 Å². The fraction of sp³-hybridized carbons (Fsp3) is 0.111. The SMILES string of the molecule is Cl.NN=C(N)N/N=C/c1cccc(C(F)(F)F)c1. The minimum absolute atomic E-state index is 0. The highest BCUT2D eigenvalue weighted by Crippen LogP contribution is 2.29. The van der Waals surface area contributed by atoms with E-state index in [9.17, 15) is 13.2 Å². The largest absolute Gasteiger partial charge is 0.416 e. The van der Waals surface area contributed by atoms with Crippen molar-refractivity contribution >= 4 is 24.6 Å². The van der Waals surface area contributed by atoms with E-state index in [0.717, 1.165) is 12.1 Å². The molecule has 5 N–H and O–H groups in total. The standard InChI is InChI=1S/C9H10F3N5.ClH/c10-9(11,12)7-3-1-2-6(4-7)5-15-17-8(13)16-14;/h1-5H,14H2,(H3,13,16,17);1H/b15-5+;. The highest BCUT2D eigenvalue weighted by Gasteiger charge is 2.30. The molecule has 9 heteroatoms. The molecule has 0 aliphatic carbocycles. The van der Waals surface area contributed by atoms with Crippen LogP contribution in [0.1, 0.15) is 11.1 Å². The third kappa shape index (κ3) is 4.91. The fourth-order valence-electron chi connectivity index (χ4n) is 0.997. The molecule has 0 spiro atoms. The summed E-state index contributed by atoms with van der Waals surface area (Å²) in [6.07, 6.45) is -3.21. The van der Waals surface area contributed by atoms with E-state index < -0.39 is 11.7 Å². The van der Waals surface area contributed by atoms with Gasteiger partial charge in [-0.05, 0) is 17.7 Å². The van der Waals surface area contributed by atoms with Crippen molar-refractivity contribution in [1.29, 1.82) is 0 Å². The lowest BCUT2D eigenvalue weighted by molar-refractivity contribution is -0.137. The first kappa shape index (κ1) is 16.0. The quantitative estimate of drug-likeness (QED) is 0.330. The molecule has 0 unspecified atom stereocenters. The van der Waals surface area contributed by atoms with Gasteiger partial charge in [0.1, 0.15) is 0 Å². The molecule has 1 aromatic carbocycles. The van der Waals surface area contributed by atoms with Crippen molar-refractivity contribution in [3.05, 3.63) is 35.4 Å². The number of guanidine groups is 1. The van der Waals surface area contributed by atoms with Crippen LogP contribution in [0.5, 0.6) is 0 Å². The Morgan fingerprint density at radius 1 is 1.33 bits per heavy atom. The minimum atomic E-state index is -4.38. The number of nitrogens with zero attached hydrogens (tertiary/aromatic N) is 2. The highest BCUT2D eigenvalue weighted by molar-refractivity contribution is 5.85. The molecule has 0 aliphatic heterocycles. The lowest BCUT2D eigenvalue weighted by atomic mass is 10.1. The summed E-state index contributed by atoms with van der Waals surface area (Å²) in [5, 5.41) is 6.62. The highest BCUT2D eigenvalue weighted by atomic mass is 35.5. The van der Waals surface area contributed by atoms with Crippen LogP contribution in [0.15, 0.2) is 34.5 Å². The van der Waals surface area contributed by atoms with Crippen LogP contribution in [-0.2, 0) is 6.18 Å². The number of hydrogen-bond acceptors (Lipinski definition) is 3. The van der Waals surface area contributed by atoms with Crippen molar-refractivity contribution in [3.63, 3.8) is 0 Å². The Labute approximate surface area is 107 Å². The monoisotopic (exact) mass is 281 g/mol. The molecule has 0 bridgehead atoms. The van der Waals surface area contributed by atoms with E-state index in [1.807, 2.05) is 0 Å². The second-order valence-electron chi connectivity index (χ2n) is 3.01. The molecule has 18 heavy (non-hydrogen) atoms. The maximum absolute atomic E-state index is 12.4. The number of nitrogens with one attached hydrogen (secondary N) is 1. The van der Waals surface area contributed by atoms with Gasteiger partial charge in [-0.25, -0.2) is 5.43 Å². The average Bonchev–Trinajstić information content (AvgIpc) is 2.28. The lowest BCUT2D eigenvalue weighted by Crippen LogP contribution is -2.28. The van der Waals surface area contributed by atoms with Gasteiger partial charge < -0.3 is 11.6 Å². The van der Waals surface area contributed by atoms with Crippen molar-refractivity contribution in [2.75, 3.05) is 0 Å². The van der Waals surface area contributed by atoms with Crippen LogP contribution < -0.4 is 17.0 Å². The predicted molar refractivity (Wildman–Crippen MR) is 65.2 cm³/mol. The number of alkyl halides is 3. The van der Waals surface area contributed by atoms with Crippen LogP contribution in [0.2, 0.25) is 0 Å². The normalized spacial score (nSPS) is 12.3. The summed E-state index contributed by atoms with van der Waals surface area (Å²) in [5.41, 5.74) is 6.91. The van der Waals surface area contributed by atoms with Gasteiger partial charge in [0.2, 0.25) is 5.96 Å². The number of benzene rings is 1. The summed E-state index contributed by atoms with van der Waals surface area (Å²) in [6, 6.07) is 4.68. The van der Waals surface area contributed by atoms with E-state index in [2.05, 4.69) is 15.6 Å². The number of nitrogens with two attached hydrogens (primary N) is 2. The zero-order valence-electron chi connectivity index (χ0n) is 8.98. The first-order valence-corrected chi connectivity index (χ1v) is 4.43. The average molecular weight is 282 g/mol. The molecule has 0 saturated heterocycles. The lowest BCUT2D eigenvalue weighted by Gasteiger charge is -2.06. The van der Waals surface area contributed by atoms with Crippen LogP contribution in [0.4, 0.5) is 13.2 Å². The van der Waals surface area contributed by atoms with Crippen molar-refractivity contribution in [2.24, 2.45) is 21.8 Å². The molecule has 1 rings (SSSR count). The molecule has 0 radical (unpaired) electrons. The first-order chi connectivity index (χ1) is 7.93. The van der Waals surface area contributed by atoms with E-state index in [-0.39, 0.29) is 23.9 Å². The zero-order chi connectivity index (χ0) is 12.9. The van der Waals surface area contributed by atoms with Gasteiger partial charge in [-0.2, -0.15) is 18.3 Å². The van der Waals surface area contributed by atoms with Crippen LogP contribution in [-0.4, -0.2) is 12.2 Å². The minimum Gasteiger partial charge on any atom is -0.367 e. The summed E-state index contributed by atoms with van der Waals surface area (Å²) in [5.74, 6) is 4.67. The summed E-state index contributed by atoms with van der Waals surface area (Å²) < 4.78 is 37.1. The fourth-order valence-corrected chi connectivity index (χ4v) is 0.997. The molecule has 0 atom stereocenters. The van der Waals surface area contributed by atoms with E-state index in [4.69, 9.17) is 11.6 Å². The van der Waals surface area contributed by atoms with Gasteiger partial charge in [0.25, 0.3) is 0 Å². The smallest absolute Gasteiger partial charge is 0.367 e. The van der Waals surface area contributed by atoms with Crippen LogP contribution in [0.25, 0.3) is 0 Å². The van der Waals surface area contributed by atoms with Crippen LogP contribution in [0, 0.1) is 0 Å². The Morgan fingerprint density at radius 3 is 2.56 bits per heavy atom. The van der Waals surface area contributed by atoms with Crippen molar-refractivity contribution < 1.29 is 13.2 Å². The molecule has 0 aromatic heterocycles. The Bertz CT molecular complexity index is 444. The molecule has 0 heterocycles. The Hall–Kier alpha value is -1.96. The van der Waals surface area contributed by atoms with Gasteiger partial charge in [-0.3, -0.25) is 0 Å². The Balaban J connectivity index is 0.00000289. The summed E-state index contributed by atoms with van der Waals surface area (Å²) >= 11 is 0. The van der Waals surface area contributed by atoms with Crippen molar-refractivity contribution in [1.82, 2.24) is 5.43 Å². The van der Waals surface area contributed by atoms with E-state index in [1.165, 1.54) is 18.3 Å². The molecule has 100 valence electrons. The van der Waals surface area contributed by atoms with Gasteiger partial charge in [0.05, 0.1) is 11.8 Å². The molecule has 5 nitrogen and oxygen atoms in total. The maximum Gasteiger partial charge on any atom is 0.416 e. The number of hydrazone groups is 2. The Morgan fingerprint density at radius 2 is 2.00 bits per heavy atom. The molecular formula is C9H11ClF3N5. The van der Waals surface area contributed by atoms with Crippen molar-refractivity contribution in [2.45, 2.75) is 6.18 Å². The van der Waals surface area contributed by atoms with E-state index in [1.54, 1.807) is 0 Å². The number of hydrogen-bond donors (Lipinski definition) is 3. The van der Waals surface area contributed by atoms with E-state index in [0.29, 0.717) is 0 Å². The topological polar surface area (TPSA) is 88.8 Å². The zero-order valence-corrected chi connectivity index (χ0v) is 9.79. The number of rotatable bonds is 2. The van der Waals surface area contributed by atoms with Gasteiger partial charge in [0, 0.05) is 0 Å². The summed E-state index contributed by atoms with van der Waals surface area (Å²) in [7, 11) is 0. The molecule has 0 amide bonds. The first-order valence-electron chi connectivity index (χ1n) is 4.43. The van der Waals surface area contributed by atoms with Crippen LogP contribution in [0.3, 0.4) is 0 Å². The third-order valence-electron chi connectivity index (χ3n) is 1.75. The molecule has 1 aromatic rings. The second-order valence-corrected chi connectivity index (χ2v) is 3.01. The molecule has 0 saturated carbocycles. The van der Waals surface area contributed by atoms with Gasteiger partial charge in [-0.1, -0.05) is 12.1 Å². The maximum atomic E-state index is 12.4. The van der Waals surface area contributed by atoms with Gasteiger partial charge in [-0.15, -0.1) is 17.5 Å². The Kier molecular flexibility index (Phi) is 5.97. The molecular weight excluding hydrogens is 271 g/mol. The second kappa shape index (κ2) is 6.70. The van der Waals surface area contributed by atoms with Gasteiger partial charge >= 0.3 is 6.18 Å². The molecule has 0 fully saturated rings. The third-order valence-corrected chi connectivity index (χ3v) is 1.75. The predicted octanol–water partition coefficient (Wildman–Crippen LogP) is 1.24. The summed E-state index contributed by atoms with van der Waals surface area (Å²) in [4.78, 5) is 0. The summed E-state index contributed by atoms with van der Waals surface area (Å²) in [6.45, 7) is 0. The van der Waals surface area contributed by atoms with Gasteiger partial charge in [0.15, 0.2) is 0 Å². The molecule has 0 aliphatic rings. The van der Waals surface area contributed by atoms with Crippen LogP contribution >= 0.6 is 12.4 Å².